The van der Waals surface area contributed by atoms with E-state index in [1.807, 2.05) is 13.8 Å². The van der Waals surface area contributed by atoms with Gasteiger partial charge >= 0.3 is 0 Å². The van der Waals surface area contributed by atoms with Crippen LogP contribution in [0.5, 0.6) is 0 Å². The molecular weight excluding hydrogens is 290 g/mol. The molecule has 0 fully saturated rings. The Morgan fingerprint density at radius 2 is 2.14 bits per heavy atom. The molecule has 0 saturated heterocycles. The molecule has 0 radical (unpaired) electrons. The number of hydrogen-bond acceptors (Lipinski definition) is 5. The molecule has 21 heavy (non-hydrogen) atoms. The number of anilines is 1. The van der Waals surface area contributed by atoms with Crippen LogP contribution in [0.4, 0.5) is 5.82 Å². The summed E-state index contributed by atoms with van der Waals surface area (Å²) in [4.78, 5) is 4.21. The smallest absolute Gasteiger partial charge is 0.244 e. The third-order valence-corrected chi connectivity index (χ3v) is 4.41. The van der Waals surface area contributed by atoms with E-state index in [1.165, 1.54) is 6.07 Å². The van der Waals surface area contributed by atoms with E-state index < -0.39 is 10.0 Å². The summed E-state index contributed by atoms with van der Waals surface area (Å²) >= 11 is 0. The second kappa shape index (κ2) is 6.23. The number of pyridine rings is 1. The van der Waals surface area contributed by atoms with Crippen LogP contribution in [0, 0.1) is 6.92 Å². The maximum atomic E-state index is 12.4. The van der Waals surface area contributed by atoms with Gasteiger partial charge in [-0.1, -0.05) is 0 Å². The number of hydrogen-bond donors (Lipinski definition) is 2. The standard InChI is InChI=1S/C13H19N5O2S/c1-4-14-13-12(6-5-7-15-13)21(19,20)16-8-11-9-18(3)17-10(11)2/h5-7,9,16H,4,8H2,1-3H3,(H,14,15). The fraction of sp³-hybridized carbons (Fsp3) is 0.385. The van der Waals surface area contributed by atoms with Crippen LogP contribution in [0.15, 0.2) is 29.4 Å². The molecule has 7 nitrogen and oxygen atoms in total. The molecule has 2 N–H and O–H groups in total. The second-order valence-corrected chi connectivity index (χ2v) is 6.35. The van der Waals surface area contributed by atoms with Crippen molar-refractivity contribution in [2.45, 2.75) is 25.3 Å². The van der Waals surface area contributed by atoms with Crippen molar-refractivity contribution < 1.29 is 8.42 Å². The largest absolute Gasteiger partial charge is 0.369 e. The molecule has 0 aliphatic rings. The number of nitrogens with zero attached hydrogens (tertiary/aromatic N) is 3. The van der Waals surface area contributed by atoms with E-state index in [-0.39, 0.29) is 11.4 Å². The van der Waals surface area contributed by atoms with Crippen molar-refractivity contribution in [3.8, 4) is 0 Å². The second-order valence-electron chi connectivity index (χ2n) is 4.62. The van der Waals surface area contributed by atoms with Crippen molar-refractivity contribution >= 4 is 15.8 Å². The fourth-order valence-electron chi connectivity index (χ4n) is 1.98. The summed E-state index contributed by atoms with van der Waals surface area (Å²) in [6.07, 6.45) is 3.36. The molecule has 0 atom stereocenters. The van der Waals surface area contributed by atoms with Gasteiger partial charge in [-0.25, -0.2) is 18.1 Å². The van der Waals surface area contributed by atoms with Crippen LogP contribution in [0.3, 0.4) is 0 Å². The number of rotatable bonds is 6. The minimum absolute atomic E-state index is 0.147. The van der Waals surface area contributed by atoms with E-state index >= 15 is 0 Å². The van der Waals surface area contributed by atoms with Gasteiger partial charge in [0.1, 0.15) is 10.7 Å². The Kier molecular flexibility index (Phi) is 4.59. The highest BCUT2D eigenvalue weighted by Crippen LogP contribution is 2.18. The van der Waals surface area contributed by atoms with Gasteiger partial charge in [-0.05, 0) is 26.0 Å². The topological polar surface area (TPSA) is 88.9 Å². The van der Waals surface area contributed by atoms with Crippen LogP contribution in [-0.2, 0) is 23.6 Å². The summed E-state index contributed by atoms with van der Waals surface area (Å²) in [5.74, 6) is 0.357. The monoisotopic (exact) mass is 309 g/mol. The van der Waals surface area contributed by atoms with Crippen LogP contribution >= 0.6 is 0 Å². The first kappa shape index (κ1) is 15.5. The average Bonchev–Trinajstić information content (AvgIpc) is 2.76. The minimum atomic E-state index is -3.63. The van der Waals surface area contributed by atoms with Gasteiger partial charge in [0.15, 0.2) is 0 Å². The molecule has 0 saturated carbocycles. The Morgan fingerprint density at radius 3 is 2.76 bits per heavy atom. The summed E-state index contributed by atoms with van der Waals surface area (Å²) in [7, 11) is -1.83. The predicted octanol–water partition coefficient (Wildman–Crippen LogP) is 1.03. The Hall–Kier alpha value is -1.93. The van der Waals surface area contributed by atoms with E-state index in [4.69, 9.17) is 0 Å². The van der Waals surface area contributed by atoms with E-state index in [0.29, 0.717) is 12.4 Å². The molecule has 0 aliphatic carbocycles. The van der Waals surface area contributed by atoms with Crippen molar-refractivity contribution in [1.82, 2.24) is 19.5 Å². The maximum absolute atomic E-state index is 12.4. The molecule has 0 spiro atoms. The number of aromatic nitrogens is 3. The van der Waals surface area contributed by atoms with Gasteiger partial charge in [0, 0.05) is 38.1 Å². The average molecular weight is 309 g/mol. The van der Waals surface area contributed by atoms with E-state index in [0.717, 1.165) is 11.3 Å². The Morgan fingerprint density at radius 1 is 1.38 bits per heavy atom. The zero-order valence-electron chi connectivity index (χ0n) is 12.3. The zero-order chi connectivity index (χ0) is 15.5. The van der Waals surface area contributed by atoms with Crippen LogP contribution in [0.2, 0.25) is 0 Å². The van der Waals surface area contributed by atoms with Crippen molar-refractivity contribution in [2.75, 3.05) is 11.9 Å². The lowest BCUT2D eigenvalue weighted by Gasteiger charge is -2.10. The lowest BCUT2D eigenvalue weighted by atomic mass is 10.3. The highest BCUT2D eigenvalue weighted by molar-refractivity contribution is 7.89. The normalized spacial score (nSPS) is 11.6. The Bertz CT molecular complexity index is 724. The van der Waals surface area contributed by atoms with Gasteiger partial charge < -0.3 is 5.32 Å². The molecule has 0 bridgehead atoms. The maximum Gasteiger partial charge on any atom is 0.244 e. The first-order chi connectivity index (χ1) is 9.94. The molecule has 2 rings (SSSR count). The van der Waals surface area contributed by atoms with E-state index in [9.17, 15) is 8.42 Å². The SMILES string of the molecule is CCNc1ncccc1S(=O)(=O)NCc1cn(C)nc1C. The van der Waals surface area contributed by atoms with Crippen LogP contribution in [-0.4, -0.2) is 29.7 Å². The van der Waals surface area contributed by atoms with Gasteiger partial charge in [-0.3, -0.25) is 4.68 Å². The molecule has 2 aromatic rings. The number of aryl methyl sites for hydroxylation is 2. The molecular formula is C13H19N5O2S. The summed E-state index contributed by atoms with van der Waals surface area (Å²) in [5, 5.41) is 7.14. The van der Waals surface area contributed by atoms with Gasteiger partial charge in [0.25, 0.3) is 0 Å². The van der Waals surface area contributed by atoms with E-state index in [2.05, 4.69) is 20.1 Å². The summed E-state index contributed by atoms with van der Waals surface area (Å²) in [6.45, 7) is 4.53. The Balaban J connectivity index is 2.21. The van der Waals surface area contributed by atoms with Crippen LogP contribution in [0.25, 0.3) is 0 Å². The summed E-state index contributed by atoms with van der Waals surface area (Å²) in [5.41, 5.74) is 1.65. The van der Waals surface area contributed by atoms with Crippen molar-refractivity contribution in [1.29, 1.82) is 0 Å². The highest BCUT2D eigenvalue weighted by Gasteiger charge is 2.19. The number of sulfonamides is 1. The first-order valence-electron chi connectivity index (χ1n) is 6.61. The third kappa shape index (κ3) is 3.59. The van der Waals surface area contributed by atoms with Gasteiger partial charge in [0.05, 0.1) is 5.69 Å². The van der Waals surface area contributed by atoms with Crippen molar-refractivity contribution in [3.63, 3.8) is 0 Å². The van der Waals surface area contributed by atoms with Gasteiger partial charge in [-0.2, -0.15) is 5.10 Å². The fourth-order valence-corrected chi connectivity index (χ4v) is 3.12. The minimum Gasteiger partial charge on any atom is -0.369 e. The first-order valence-corrected chi connectivity index (χ1v) is 8.10. The quantitative estimate of drug-likeness (QED) is 0.832. The van der Waals surface area contributed by atoms with Crippen molar-refractivity contribution in [3.05, 3.63) is 35.8 Å². The molecule has 114 valence electrons. The molecule has 2 aromatic heterocycles. The highest BCUT2D eigenvalue weighted by atomic mass is 32.2. The molecule has 0 amide bonds. The lowest BCUT2D eigenvalue weighted by Crippen LogP contribution is -2.24. The van der Waals surface area contributed by atoms with E-state index in [1.54, 1.807) is 30.2 Å². The van der Waals surface area contributed by atoms with Crippen LogP contribution < -0.4 is 10.0 Å². The Labute approximate surface area is 124 Å². The predicted molar refractivity (Wildman–Crippen MR) is 80.4 cm³/mol. The third-order valence-electron chi connectivity index (χ3n) is 2.97. The molecule has 0 aliphatic heterocycles. The van der Waals surface area contributed by atoms with Crippen molar-refractivity contribution in [2.24, 2.45) is 7.05 Å². The lowest BCUT2D eigenvalue weighted by molar-refractivity contribution is 0.581. The number of nitrogens with one attached hydrogen (secondary N) is 2. The molecule has 2 heterocycles. The summed E-state index contributed by atoms with van der Waals surface area (Å²) in [6, 6.07) is 3.13. The molecule has 8 heteroatoms. The van der Waals surface area contributed by atoms with Crippen LogP contribution in [0.1, 0.15) is 18.2 Å². The molecule has 0 aromatic carbocycles. The summed E-state index contributed by atoms with van der Waals surface area (Å²) < 4.78 is 29.0. The van der Waals surface area contributed by atoms with Gasteiger partial charge in [-0.15, -0.1) is 0 Å². The molecule has 0 unspecified atom stereocenters. The van der Waals surface area contributed by atoms with Gasteiger partial charge in [0.2, 0.25) is 10.0 Å². The zero-order valence-corrected chi connectivity index (χ0v) is 13.1.